The Kier molecular flexibility index (Phi) is 6.13. The van der Waals surface area contributed by atoms with E-state index < -0.39 is 0 Å². The summed E-state index contributed by atoms with van der Waals surface area (Å²) in [5.74, 6) is 0.542. The summed E-state index contributed by atoms with van der Waals surface area (Å²) in [5.41, 5.74) is 1.58. The molecule has 1 heterocycles. The summed E-state index contributed by atoms with van der Waals surface area (Å²) in [4.78, 5) is 28.7. The van der Waals surface area contributed by atoms with E-state index in [1.165, 1.54) is 17.8 Å². The van der Waals surface area contributed by atoms with E-state index in [0.29, 0.717) is 35.3 Å². The molecule has 3 rings (SSSR count). The zero-order valence-electron chi connectivity index (χ0n) is 15.1. The number of fused-ring (bicyclic) bond motifs is 1. The van der Waals surface area contributed by atoms with Crippen molar-refractivity contribution in [3.8, 4) is 11.5 Å². The molecule has 0 bridgehead atoms. The molecule has 0 spiro atoms. The number of benzene rings is 1. The van der Waals surface area contributed by atoms with Crippen molar-refractivity contribution in [2.24, 2.45) is 4.99 Å². The fraction of sp³-hybridized carbons (Fsp3) is 0.250. The highest BCUT2D eigenvalue weighted by Crippen LogP contribution is 2.31. The molecule has 0 saturated heterocycles. The van der Waals surface area contributed by atoms with Gasteiger partial charge in [0.05, 0.1) is 29.6 Å². The number of thioether (sulfide) groups is 1. The Morgan fingerprint density at radius 2 is 2.19 bits per heavy atom. The first-order chi connectivity index (χ1) is 13.1. The fourth-order valence-electron chi connectivity index (χ4n) is 2.62. The Balaban J connectivity index is 1.64. The summed E-state index contributed by atoms with van der Waals surface area (Å²) >= 11 is 1.33. The van der Waals surface area contributed by atoms with E-state index >= 15 is 0 Å². The number of nitrogens with one attached hydrogen (secondary N) is 1. The molecule has 0 radical (unpaired) electrons. The maximum atomic E-state index is 12.2. The van der Waals surface area contributed by atoms with Crippen LogP contribution >= 0.6 is 11.8 Å². The van der Waals surface area contributed by atoms with Crippen LogP contribution in [0.2, 0.25) is 0 Å². The molecule has 1 unspecified atom stereocenters. The molecule has 2 aliphatic rings. The highest BCUT2D eigenvalue weighted by atomic mass is 32.2. The Bertz CT molecular complexity index is 871. The molecule has 1 aliphatic carbocycles. The SMILES string of the molecule is CCOc1ccc(CNC(=O)/C=C2\SC3C=CC=CC3=NC2=O)cc1OC. The van der Waals surface area contributed by atoms with Crippen LogP contribution in [-0.2, 0) is 16.1 Å². The number of amides is 2. The topological polar surface area (TPSA) is 77.0 Å². The minimum Gasteiger partial charge on any atom is -0.493 e. The zero-order valence-corrected chi connectivity index (χ0v) is 15.9. The van der Waals surface area contributed by atoms with Gasteiger partial charge in [-0.3, -0.25) is 9.59 Å². The lowest BCUT2D eigenvalue weighted by Crippen LogP contribution is -2.25. The average molecular weight is 384 g/mol. The Morgan fingerprint density at radius 3 is 2.96 bits per heavy atom. The van der Waals surface area contributed by atoms with E-state index in [9.17, 15) is 9.59 Å². The van der Waals surface area contributed by atoms with E-state index in [4.69, 9.17) is 9.47 Å². The third-order valence-corrected chi connectivity index (χ3v) is 5.11. The predicted octanol–water partition coefficient (Wildman–Crippen LogP) is 2.80. The van der Waals surface area contributed by atoms with Gasteiger partial charge < -0.3 is 14.8 Å². The summed E-state index contributed by atoms with van der Waals surface area (Å²) in [7, 11) is 1.57. The van der Waals surface area contributed by atoms with Gasteiger partial charge in [0.2, 0.25) is 5.91 Å². The van der Waals surface area contributed by atoms with Crippen LogP contribution in [0.1, 0.15) is 12.5 Å². The van der Waals surface area contributed by atoms with Gasteiger partial charge in [-0.1, -0.05) is 24.3 Å². The largest absolute Gasteiger partial charge is 0.493 e. The smallest absolute Gasteiger partial charge is 0.283 e. The van der Waals surface area contributed by atoms with Crippen LogP contribution in [0.3, 0.4) is 0 Å². The first kappa shape index (κ1) is 19.0. The van der Waals surface area contributed by atoms with Crippen molar-refractivity contribution < 1.29 is 19.1 Å². The molecule has 6 nitrogen and oxygen atoms in total. The zero-order chi connectivity index (χ0) is 19.2. The quantitative estimate of drug-likeness (QED) is 0.763. The Morgan fingerprint density at radius 1 is 1.33 bits per heavy atom. The summed E-state index contributed by atoms with van der Waals surface area (Å²) < 4.78 is 10.8. The number of nitrogens with zero attached hydrogens (tertiary/aromatic N) is 1. The second-order valence-electron chi connectivity index (χ2n) is 5.77. The summed E-state index contributed by atoms with van der Waals surface area (Å²) in [5, 5.41) is 2.76. The molecule has 1 aromatic rings. The second-order valence-corrected chi connectivity index (χ2v) is 6.95. The number of ether oxygens (including phenoxy) is 2. The van der Waals surface area contributed by atoms with E-state index in [2.05, 4.69) is 10.3 Å². The molecule has 140 valence electrons. The van der Waals surface area contributed by atoms with Crippen molar-refractivity contribution in [3.63, 3.8) is 0 Å². The normalized spacial score (nSPS) is 19.5. The van der Waals surface area contributed by atoms with Gasteiger partial charge in [0.25, 0.3) is 5.91 Å². The third-order valence-electron chi connectivity index (χ3n) is 3.91. The highest BCUT2D eigenvalue weighted by Gasteiger charge is 2.26. The third kappa shape index (κ3) is 4.68. The molecule has 1 aromatic carbocycles. The van der Waals surface area contributed by atoms with E-state index in [1.807, 2.05) is 49.4 Å². The Hall–Kier alpha value is -2.80. The van der Waals surface area contributed by atoms with Crippen molar-refractivity contribution in [2.75, 3.05) is 13.7 Å². The molecule has 7 heteroatoms. The molecule has 1 N–H and O–H groups in total. The standard InChI is InChI=1S/C20H20N2O4S/c1-3-26-15-9-8-13(10-16(15)25-2)12-21-19(23)11-18-20(24)22-14-6-4-5-7-17(14)27-18/h4-11,17H,3,12H2,1-2H3,(H,21,23)/b18-11-. The number of rotatable bonds is 6. The van der Waals surface area contributed by atoms with Crippen molar-refractivity contribution in [3.05, 3.63) is 59.0 Å². The molecular formula is C20H20N2O4S. The van der Waals surface area contributed by atoms with Crippen molar-refractivity contribution in [1.29, 1.82) is 0 Å². The van der Waals surface area contributed by atoms with E-state index in [-0.39, 0.29) is 17.1 Å². The van der Waals surface area contributed by atoms with Crippen molar-refractivity contribution >= 4 is 29.3 Å². The second kappa shape index (κ2) is 8.73. The minimum atomic E-state index is -0.385. The lowest BCUT2D eigenvalue weighted by molar-refractivity contribution is -0.117. The van der Waals surface area contributed by atoms with Gasteiger partial charge in [-0.15, -0.1) is 11.8 Å². The average Bonchev–Trinajstić information content (AvgIpc) is 2.68. The number of hydrogen-bond acceptors (Lipinski definition) is 5. The van der Waals surface area contributed by atoms with Crippen molar-refractivity contribution in [2.45, 2.75) is 18.7 Å². The van der Waals surface area contributed by atoms with Crippen LogP contribution in [-0.4, -0.2) is 36.5 Å². The highest BCUT2D eigenvalue weighted by molar-refractivity contribution is 8.05. The minimum absolute atomic E-state index is 0.0258. The van der Waals surface area contributed by atoms with Crippen LogP contribution in [0.15, 0.2) is 58.5 Å². The molecule has 27 heavy (non-hydrogen) atoms. The molecule has 0 fully saturated rings. The Labute approximate surface area is 162 Å². The summed E-state index contributed by atoms with van der Waals surface area (Å²) in [6, 6.07) is 5.48. The van der Waals surface area contributed by atoms with E-state index in [0.717, 1.165) is 5.56 Å². The van der Waals surface area contributed by atoms with Crippen LogP contribution in [0.5, 0.6) is 11.5 Å². The van der Waals surface area contributed by atoms with Gasteiger partial charge in [-0.2, -0.15) is 0 Å². The lowest BCUT2D eigenvalue weighted by atomic mass is 10.1. The molecule has 0 aromatic heterocycles. The number of carbonyl (C=O) groups is 2. The summed E-state index contributed by atoms with van der Waals surface area (Å²) in [6.07, 6.45) is 8.82. The number of aliphatic imine (C=N–C) groups is 1. The molecule has 1 aliphatic heterocycles. The number of carbonyl (C=O) groups excluding carboxylic acids is 2. The number of methoxy groups -OCH3 is 1. The predicted molar refractivity (Wildman–Crippen MR) is 106 cm³/mol. The molecule has 2 amide bonds. The maximum Gasteiger partial charge on any atom is 0.283 e. The van der Waals surface area contributed by atoms with Gasteiger partial charge in [-0.05, 0) is 30.7 Å². The lowest BCUT2D eigenvalue weighted by Gasteiger charge is -2.20. The van der Waals surface area contributed by atoms with Crippen molar-refractivity contribution in [1.82, 2.24) is 5.32 Å². The molecule has 0 saturated carbocycles. The molecular weight excluding hydrogens is 364 g/mol. The van der Waals surface area contributed by atoms with Crippen LogP contribution in [0.25, 0.3) is 0 Å². The van der Waals surface area contributed by atoms with Crippen LogP contribution in [0, 0.1) is 0 Å². The van der Waals surface area contributed by atoms with Gasteiger partial charge in [0.15, 0.2) is 11.5 Å². The van der Waals surface area contributed by atoms with Gasteiger partial charge in [-0.25, -0.2) is 4.99 Å². The van der Waals surface area contributed by atoms with Gasteiger partial charge in [0.1, 0.15) is 0 Å². The number of allylic oxidation sites excluding steroid dienone is 3. The van der Waals surface area contributed by atoms with Crippen LogP contribution in [0.4, 0.5) is 0 Å². The summed E-state index contributed by atoms with van der Waals surface area (Å²) in [6.45, 7) is 2.75. The maximum absolute atomic E-state index is 12.2. The number of hydrogen-bond donors (Lipinski definition) is 1. The van der Waals surface area contributed by atoms with Gasteiger partial charge >= 0.3 is 0 Å². The monoisotopic (exact) mass is 384 g/mol. The fourth-order valence-corrected chi connectivity index (χ4v) is 3.64. The van der Waals surface area contributed by atoms with Crippen LogP contribution < -0.4 is 14.8 Å². The first-order valence-corrected chi connectivity index (χ1v) is 9.42. The van der Waals surface area contributed by atoms with Gasteiger partial charge in [0, 0.05) is 12.6 Å². The van der Waals surface area contributed by atoms with E-state index in [1.54, 1.807) is 7.11 Å². The first-order valence-electron chi connectivity index (χ1n) is 8.54. The molecule has 1 atom stereocenters.